The second kappa shape index (κ2) is 5.90. The third-order valence-electron chi connectivity index (χ3n) is 4.33. The number of rotatable bonds is 3. The Kier molecular flexibility index (Phi) is 3.97. The second-order valence-electron chi connectivity index (χ2n) is 6.26. The van der Waals surface area contributed by atoms with Crippen molar-refractivity contribution in [1.29, 1.82) is 0 Å². The smallest absolute Gasteiger partial charge is 0.222 e. The fraction of sp³-hybridized carbons (Fsp3) is 0.471. The summed E-state index contributed by atoms with van der Waals surface area (Å²) in [6.07, 6.45) is 4.37. The molecule has 4 heteroatoms. The van der Waals surface area contributed by atoms with Crippen molar-refractivity contribution < 1.29 is 4.79 Å². The molecule has 1 aromatic heterocycles. The summed E-state index contributed by atoms with van der Waals surface area (Å²) in [7, 11) is 0. The van der Waals surface area contributed by atoms with E-state index in [1.807, 2.05) is 23.2 Å². The minimum absolute atomic E-state index is 0.130. The fourth-order valence-corrected chi connectivity index (χ4v) is 3.34. The van der Waals surface area contributed by atoms with E-state index in [0.717, 1.165) is 24.9 Å². The molecule has 2 atom stereocenters. The summed E-state index contributed by atoms with van der Waals surface area (Å²) < 4.78 is 0. The number of nitrogens with one attached hydrogen (secondary N) is 1. The van der Waals surface area contributed by atoms with Crippen LogP contribution in [0.4, 0.5) is 0 Å². The first kappa shape index (κ1) is 14.1. The molecular formula is C17H23N3O. The van der Waals surface area contributed by atoms with Gasteiger partial charge in [-0.2, -0.15) is 0 Å². The standard InChI is InChI=1S/C17H23N3O/c1-12-8-14(18)11-20(10-12)17(21)7-6-13-9-19-16-5-3-2-4-15(13)16/h2-5,9,12,14,19H,6-8,10-11,18H2,1H3. The number of carbonyl (C=O) groups excluding carboxylic acids is 1. The molecule has 0 aliphatic carbocycles. The molecule has 0 radical (unpaired) electrons. The van der Waals surface area contributed by atoms with Crippen LogP contribution in [0.15, 0.2) is 30.5 Å². The highest BCUT2D eigenvalue weighted by Crippen LogP contribution is 2.20. The maximum Gasteiger partial charge on any atom is 0.222 e. The van der Waals surface area contributed by atoms with Gasteiger partial charge in [0.2, 0.25) is 5.91 Å². The molecule has 2 aromatic rings. The van der Waals surface area contributed by atoms with Gasteiger partial charge in [-0.25, -0.2) is 0 Å². The number of aromatic amines is 1. The van der Waals surface area contributed by atoms with Crippen LogP contribution in [0.2, 0.25) is 0 Å². The summed E-state index contributed by atoms with van der Waals surface area (Å²) in [6, 6.07) is 8.35. The molecule has 1 aromatic carbocycles. The Morgan fingerprint density at radius 1 is 1.38 bits per heavy atom. The number of H-pyrrole nitrogens is 1. The van der Waals surface area contributed by atoms with Crippen molar-refractivity contribution in [3.63, 3.8) is 0 Å². The molecule has 2 heterocycles. The quantitative estimate of drug-likeness (QED) is 0.909. The van der Waals surface area contributed by atoms with Gasteiger partial charge < -0.3 is 15.6 Å². The first-order valence-corrected chi connectivity index (χ1v) is 7.72. The molecule has 1 aliphatic rings. The molecule has 3 rings (SSSR count). The van der Waals surface area contributed by atoms with Gasteiger partial charge in [-0.3, -0.25) is 4.79 Å². The molecule has 1 fully saturated rings. The Labute approximate surface area is 125 Å². The van der Waals surface area contributed by atoms with Crippen LogP contribution in [0, 0.1) is 5.92 Å². The number of hydrogen-bond acceptors (Lipinski definition) is 2. The molecule has 1 aliphatic heterocycles. The number of likely N-dealkylation sites (tertiary alicyclic amines) is 1. The van der Waals surface area contributed by atoms with Crippen molar-refractivity contribution in [2.24, 2.45) is 11.7 Å². The summed E-state index contributed by atoms with van der Waals surface area (Å²) in [4.78, 5) is 17.6. The van der Waals surface area contributed by atoms with Gasteiger partial charge in [0.05, 0.1) is 0 Å². The highest BCUT2D eigenvalue weighted by Gasteiger charge is 2.25. The number of para-hydroxylation sites is 1. The zero-order chi connectivity index (χ0) is 14.8. The molecule has 21 heavy (non-hydrogen) atoms. The Balaban J connectivity index is 1.63. The van der Waals surface area contributed by atoms with E-state index in [2.05, 4.69) is 24.0 Å². The molecular weight excluding hydrogens is 262 g/mol. The van der Waals surface area contributed by atoms with Crippen molar-refractivity contribution in [2.75, 3.05) is 13.1 Å². The van der Waals surface area contributed by atoms with Crippen molar-refractivity contribution >= 4 is 16.8 Å². The fourth-order valence-electron chi connectivity index (χ4n) is 3.34. The number of nitrogens with two attached hydrogens (primary N) is 1. The highest BCUT2D eigenvalue weighted by atomic mass is 16.2. The number of hydrogen-bond donors (Lipinski definition) is 2. The predicted molar refractivity (Wildman–Crippen MR) is 85.0 cm³/mol. The average molecular weight is 285 g/mol. The van der Waals surface area contributed by atoms with Gasteiger partial charge in [-0.15, -0.1) is 0 Å². The van der Waals surface area contributed by atoms with E-state index in [1.165, 1.54) is 10.9 Å². The van der Waals surface area contributed by atoms with Gasteiger partial charge in [-0.1, -0.05) is 25.1 Å². The predicted octanol–water partition coefficient (Wildman–Crippen LogP) is 2.30. The molecule has 0 bridgehead atoms. The number of carbonyl (C=O) groups is 1. The minimum atomic E-state index is 0.130. The monoisotopic (exact) mass is 285 g/mol. The maximum atomic E-state index is 12.4. The average Bonchev–Trinajstić information content (AvgIpc) is 2.87. The molecule has 2 unspecified atom stereocenters. The molecule has 112 valence electrons. The van der Waals surface area contributed by atoms with E-state index in [4.69, 9.17) is 5.73 Å². The van der Waals surface area contributed by atoms with Crippen LogP contribution in [-0.2, 0) is 11.2 Å². The van der Waals surface area contributed by atoms with Crippen LogP contribution < -0.4 is 5.73 Å². The Bertz CT molecular complexity index is 624. The van der Waals surface area contributed by atoms with Crippen molar-refractivity contribution in [2.45, 2.75) is 32.2 Å². The molecule has 1 saturated heterocycles. The lowest BCUT2D eigenvalue weighted by Crippen LogP contribution is -2.48. The Hall–Kier alpha value is -1.81. The third-order valence-corrected chi connectivity index (χ3v) is 4.33. The van der Waals surface area contributed by atoms with Gasteiger partial charge in [0, 0.05) is 42.7 Å². The van der Waals surface area contributed by atoms with Gasteiger partial charge in [0.15, 0.2) is 0 Å². The van der Waals surface area contributed by atoms with Crippen LogP contribution >= 0.6 is 0 Å². The number of aryl methyl sites for hydroxylation is 1. The van der Waals surface area contributed by atoms with Crippen LogP contribution in [0.5, 0.6) is 0 Å². The van der Waals surface area contributed by atoms with Crippen LogP contribution in [0.3, 0.4) is 0 Å². The summed E-state index contributed by atoms with van der Waals surface area (Å²) in [5.74, 6) is 0.730. The molecule has 0 spiro atoms. The number of nitrogens with zero attached hydrogens (tertiary/aromatic N) is 1. The summed E-state index contributed by atoms with van der Waals surface area (Å²) in [6.45, 7) is 3.72. The molecule has 3 N–H and O–H groups in total. The number of aromatic nitrogens is 1. The van der Waals surface area contributed by atoms with E-state index in [1.54, 1.807) is 0 Å². The van der Waals surface area contributed by atoms with Crippen LogP contribution in [-0.4, -0.2) is 34.9 Å². The second-order valence-corrected chi connectivity index (χ2v) is 6.26. The largest absolute Gasteiger partial charge is 0.361 e. The maximum absolute atomic E-state index is 12.4. The molecule has 1 amide bonds. The lowest BCUT2D eigenvalue weighted by Gasteiger charge is -2.34. The summed E-state index contributed by atoms with van der Waals surface area (Å²) in [5, 5.41) is 1.22. The van der Waals surface area contributed by atoms with E-state index in [9.17, 15) is 4.79 Å². The normalized spacial score (nSPS) is 22.7. The van der Waals surface area contributed by atoms with Gasteiger partial charge in [0.1, 0.15) is 0 Å². The van der Waals surface area contributed by atoms with E-state index in [-0.39, 0.29) is 11.9 Å². The Morgan fingerprint density at radius 3 is 3.00 bits per heavy atom. The number of piperidine rings is 1. The lowest BCUT2D eigenvalue weighted by molar-refractivity contribution is -0.133. The highest BCUT2D eigenvalue weighted by molar-refractivity contribution is 5.84. The zero-order valence-electron chi connectivity index (χ0n) is 12.5. The Morgan fingerprint density at radius 2 is 2.19 bits per heavy atom. The number of fused-ring (bicyclic) bond motifs is 1. The molecule has 4 nitrogen and oxygen atoms in total. The van der Waals surface area contributed by atoms with Crippen molar-refractivity contribution in [3.8, 4) is 0 Å². The summed E-state index contributed by atoms with van der Waals surface area (Å²) >= 11 is 0. The SMILES string of the molecule is CC1CC(N)CN(C(=O)CCc2c[nH]c3ccccc23)C1. The van der Waals surface area contributed by atoms with Crippen molar-refractivity contribution in [3.05, 3.63) is 36.0 Å². The number of amides is 1. The lowest BCUT2D eigenvalue weighted by atomic mass is 9.96. The molecule has 0 saturated carbocycles. The number of benzene rings is 1. The topological polar surface area (TPSA) is 62.1 Å². The van der Waals surface area contributed by atoms with E-state index in [0.29, 0.717) is 18.9 Å². The minimum Gasteiger partial charge on any atom is -0.361 e. The first-order chi connectivity index (χ1) is 10.1. The first-order valence-electron chi connectivity index (χ1n) is 7.72. The van der Waals surface area contributed by atoms with E-state index < -0.39 is 0 Å². The zero-order valence-corrected chi connectivity index (χ0v) is 12.5. The van der Waals surface area contributed by atoms with Crippen LogP contribution in [0.25, 0.3) is 10.9 Å². The van der Waals surface area contributed by atoms with Gasteiger partial charge >= 0.3 is 0 Å². The van der Waals surface area contributed by atoms with E-state index >= 15 is 0 Å². The van der Waals surface area contributed by atoms with Gasteiger partial charge in [0.25, 0.3) is 0 Å². The van der Waals surface area contributed by atoms with Crippen LogP contribution in [0.1, 0.15) is 25.3 Å². The van der Waals surface area contributed by atoms with Gasteiger partial charge in [-0.05, 0) is 30.4 Å². The third kappa shape index (κ3) is 3.10. The van der Waals surface area contributed by atoms with Crippen molar-refractivity contribution in [1.82, 2.24) is 9.88 Å². The summed E-state index contributed by atoms with van der Waals surface area (Å²) in [5.41, 5.74) is 8.37.